The van der Waals surface area contributed by atoms with Gasteiger partial charge in [-0.3, -0.25) is 4.79 Å². The average molecular weight is 395 g/mol. The van der Waals surface area contributed by atoms with Crippen LogP contribution in [-0.4, -0.2) is 23.4 Å². The number of hydrogen-bond acceptors (Lipinski definition) is 3. The van der Waals surface area contributed by atoms with E-state index in [0.29, 0.717) is 23.2 Å². The molecule has 0 unspecified atom stereocenters. The van der Waals surface area contributed by atoms with Crippen molar-refractivity contribution in [2.75, 3.05) is 7.11 Å². The van der Waals surface area contributed by atoms with Gasteiger partial charge < -0.3 is 9.30 Å². The highest BCUT2D eigenvalue weighted by molar-refractivity contribution is 6.18. The fourth-order valence-electron chi connectivity index (χ4n) is 3.61. The smallest absolute Gasteiger partial charge is 0.340 e. The molecule has 0 aliphatic heterocycles. The van der Waals surface area contributed by atoms with E-state index in [1.807, 2.05) is 89.5 Å². The Hall–Kier alpha value is -3.92. The number of carbonyl (C=O) groups is 2. The van der Waals surface area contributed by atoms with Gasteiger partial charge in [0.25, 0.3) is 0 Å². The number of aromatic nitrogens is 1. The highest BCUT2D eigenvalue weighted by Crippen LogP contribution is 2.29. The van der Waals surface area contributed by atoms with Crippen LogP contribution in [0.5, 0.6) is 0 Å². The molecule has 0 atom stereocenters. The lowest BCUT2D eigenvalue weighted by Gasteiger charge is -2.10. The summed E-state index contributed by atoms with van der Waals surface area (Å²) in [5.74, 6) is -0.763. The minimum Gasteiger partial charge on any atom is -0.465 e. The molecule has 0 amide bonds. The first-order valence-electron chi connectivity index (χ1n) is 9.70. The minimum absolute atomic E-state index is 0.244. The predicted molar refractivity (Wildman–Crippen MR) is 119 cm³/mol. The minimum atomic E-state index is -0.519. The van der Waals surface area contributed by atoms with Crippen molar-refractivity contribution in [2.45, 2.75) is 6.54 Å². The normalized spacial score (nSPS) is 11.1. The lowest BCUT2D eigenvalue weighted by molar-refractivity contribution is 0.0599. The molecule has 1 heterocycles. The number of allylic oxidation sites excluding steroid dienone is 1. The fourth-order valence-corrected chi connectivity index (χ4v) is 3.61. The standard InChI is InChI=1S/C26H21NO3/c1-30-26(29)24-21-14-8-9-15-22(21)27(18-20-12-6-3-7-13-20)25(24)23(28)17-16-19-10-4-2-5-11-19/h2-17H,18H2,1H3/b17-16+. The number of benzene rings is 3. The van der Waals surface area contributed by atoms with Crippen molar-refractivity contribution in [3.8, 4) is 0 Å². The lowest BCUT2D eigenvalue weighted by Crippen LogP contribution is -2.13. The number of ether oxygens (including phenoxy) is 1. The summed E-state index contributed by atoms with van der Waals surface area (Å²) in [4.78, 5) is 26.0. The summed E-state index contributed by atoms with van der Waals surface area (Å²) in [5.41, 5.74) is 3.40. The van der Waals surface area contributed by atoms with Gasteiger partial charge in [-0.25, -0.2) is 4.79 Å². The van der Waals surface area contributed by atoms with Crippen molar-refractivity contribution in [1.29, 1.82) is 0 Å². The zero-order valence-corrected chi connectivity index (χ0v) is 16.6. The molecule has 1 aromatic heterocycles. The van der Waals surface area contributed by atoms with E-state index in [-0.39, 0.29) is 5.78 Å². The van der Waals surface area contributed by atoms with Gasteiger partial charge in [0.05, 0.1) is 12.7 Å². The van der Waals surface area contributed by atoms with Crippen molar-refractivity contribution in [1.82, 2.24) is 4.57 Å². The summed E-state index contributed by atoms with van der Waals surface area (Å²) in [5, 5.41) is 0.705. The van der Waals surface area contributed by atoms with Crippen LogP contribution in [0.4, 0.5) is 0 Å². The molecule has 0 fully saturated rings. The Morgan fingerprint density at radius 3 is 2.20 bits per heavy atom. The van der Waals surface area contributed by atoms with Crippen LogP contribution in [-0.2, 0) is 11.3 Å². The number of carbonyl (C=O) groups excluding carboxylic acids is 2. The number of para-hydroxylation sites is 1. The maximum atomic E-state index is 13.3. The molecule has 0 aliphatic carbocycles. The first-order chi connectivity index (χ1) is 14.7. The summed E-state index contributed by atoms with van der Waals surface area (Å²) in [6.07, 6.45) is 3.27. The van der Waals surface area contributed by atoms with Gasteiger partial charge in [0, 0.05) is 17.4 Å². The van der Waals surface area contributed by atoms with Gasteiger partial charge in [0.2, 0.25) is 5.78 Å². The molecular formula is C26H21NO3. The molecule has 0 N–H and O–H groups in total. The van der Waals surface area contributed by atoms with Crippen LogP contribution < -0.4 is 0 Å². The number of esters is 1. The molecular weight excluding hydrogens is 374 g/mol. The van der Waals surface area contributed by atoms with E-state index >= 15 is 0 Å². The van der Waals surface area contributed by atoms with Gasteiger partial charge in [0.15, 0.2) is 0 Å². The molecule has 0 spiro atoms. The predicted octanol–water partition coefficient (Wildman–Crippen LogP) is 5.37. The van der Waals surface area contributed by atoms with E-state index in [0.717, 1.165) is 16.6 Å². The Morgan fingerprint density at radius 1 is 0.867 bits per heavy atom. The van der Waals surface area contributed by atoms with Crippen molar-refractivity contribution in [3.63, 3.8) is 0 Å². The van der Waals surface area contributed by atoms with E-state index in [1.54, 1.807) is 6.08 Å². The Balaban J connectivity index is 1.89. The molecule has 0 saturated heterocycles. The summed E-state index contributed by atoms with van der Waals surface area (Å²) in [6, 6.07) is 27.0. The third-order valence-corrected chi connectivity index (χ3v) is 5.00. The van der Waals surface area contributed by atoms with E-state index in [9.17, 15) is 9.59 Å². The molecule has 0 aliphatic rings. The molecule has 4 aromatic rings. The number of nitrogens with zero attached hydrogens (tertiary/aromatic N) is 1. The molecule has 0 saturated carbocycles. The van der Waals surface area contributed by atoms with E-state index in [2.05, 4.69) is 0 Å². The number of fused-ring (bicyclic) bond motifs is 1. The molecule has 0 bridgehead atoms. The van der Waals surface area contributed by atoms with Crippen LogP contribution in [0.2, 0.25) is 0 Å². The van der Waals surface area contributed by atoms with Gasteiger partial charge in [-0.2, -0.15) is 0 Å². The van der Waals surface area contributed by atoms with Gasteiger partial charge in [0.1, 0.15) is 5.69 Å². The SMILES string of the molecule is COC(=O)c1c(C(=O)/C=C/c2ccccc2)n(Cc2ccccc2)c2ccccc12. The Kier molecular flexibility index (Phi) is 5.57. The fraction of sp³-hybridized carbons (Fsp3) is 0.0769. The number of hydrogen-bond donors (Lipinski definition) is 0. The van der Waals surface area contributed by atoms with Gasteiger partial charge in [-0.15, -0.1) is 0 Å². The highest BCUT2D eigenvalue weighted by atomic mass is 16.5. The Bertz CT molecular complexity index is 1220. The van der Waals surface area contributed by atoms with Crippen LogP contribution >= 0.6 is 0 Å². The first-order valence-corrected chi connectivity index (χ1v) is 9.70. The third kappa shape index (κ3) is 3.80. The number of methoxy groups -OCH3 is 1. The molecule has 148 valence electrons. The van der Waals surface area contributed by atoms with E-state index in [4.69, 9.17) is 4.74 Å². The maximum Gasteiger partial charge on any atom is 0.340 e. The summed E-state index contributed by atoms with van der Waals surface area (Å²) in [6.45, 7) is 0.471. The lowest BCUT2D eigenvalue weighted by atomic mass is 10.1. The van der Waals surface area contributed by atoms with Crippen molar-refractivity contribution >= 4 is 28.7 Å². The van der Waals surface area contributed by atoms with Gasteiger partial charge in [-0.05, 0) is 23.3 Å². The maximum absolute atomic E-state index is 13.3. The second-order valence-corrected chi connectivity index (χ2v) is 6.91. The number of ketones is 1. The van der Waals surface area contributed by atoms with Gasteiger partial charge in [-0.1, -0.05) is 84.9 Å². The second-order valence-electron chi connectivity index (χ2n) is 6.91. The van der Waals surface area contributed by atoms with Crippen LogP contribution in [0.3, 0.4) is 0 Å². The van der Waals surface area contributed by atoms with Crippen LogP contribution in [0.15, 0.2) is 91.0 Å². The monoisotopic (exact) mass is 395 g/mol. The molecule has 4 rings (SSSR count). The topological polar surface area (TPSA) is 48.3 Å². The van der Waals surface area contributed by atoms with Crippen molar-refractivity contribution in [2.24, 2.45) is 0 Å². The Labute approximate surface area is 175 Å². The highest BCUT2D eigenvalue weighted by Gasteiger charge is 2.26. The van der Waals surface area contributed by atoms with Crippen LogP contribution in [0, 0.1) is 0 Å². The van der Waals surface area contributed by atoms with Crippen LogP contribution in [0.1, 0.15) is 32.0 Å². The zero-order chi connectivity index (χ0) is 20.9. The largest absolute Gasteiger partial charge is 0.465 e. The molecule has 30 heavy (non-hydrogen) atoms. The summed E-state index contributed by atoms with van der Waals surface area (Å²) >= 11 is 0. The third-order valence-electron chi connectivity index (χ3n) is 5.00. The molecule has 3 aromatic carbocycles. The Morgan fingerprint density at radius 2 is 1.50 bits per heavy atom. The second kappa shape index (κ2) is 8.62. The van der Waals surface area contributed by atoms with Gasteiger partial charge >= 0.3 is 5.97 Å². The first kappa shape index (κ1) is 19.4. The summed E-state index contributed by atoms with van der Waals surface area (Å²) < 4.78 is 6.93. The zero-order valence-electron chi connectivity index (χ0n) is 16.6. The quantitative estimate of drug-likeness (QED) is 0.250. The summed E-state index contributed by atoms with van der Waals surface area (Å²) in [7, 11) is 1.33. The molecule has 4 heteroatoms. The van der Waals surface area contributed by atoms with E-state index < -0.39 is 5.97 Å². The molecule has 0 radical (unpaired) electrons. The van der Waals surface area contributed by atoms with Crippen molar-refractivity contribution < 1.29 is 14.3 Å². The van der Waals surface area contributed by atoms with Crippen LogP contribution in [0.25, 0.3) is 17.0 Å². The van der Waals surface area contributed by atoms with Crippen molar-refractivity contribution in [3.05, 3.63) is 113 Å². The van der Waals surface area contributed by atoms with E-state index in [1.165, 1.54) is 13.2 Å². The number of rotatable bonds is 6. The molecule has 4 nitrogen and oxygen atoms in total. The average Bonchev–Trinajstić information content (AvgIpc) is 3.12.